The minimum Gasteiger partial charge on any atom is -0.790 e. The second kappa shape index (κ2) is 5.07. The second-order valence-electron chi connectivity index (χ2n) is 3.83. The van der Waals surface area contributed by atoms with Gasteiger partial charge in [-0.1, -0.05) is 0 Å². The summed E-state index contributed by atoms with van der Waals surface area (Å²) in [5.41, 5.74) is 5.42. The van der Waals surface area contributed by atoms with Crippen molar-refractivity contribution in [3.63, 3.8) is 0 Å². The first-order valence-corrected chi connectivity index (χ1v) is 6.15. The molecule has 1 saturated carbocycles. The molecule has 0 saturated heterocycles. The van der Waals surface area contributed by atoms with Crippen LogP contribution >= 0.6 is 7.82 Å². The van der Waals surface area contributed by atoms with Gasteiger partial charge in [0.05, 0.1) is 32.2 Å². The van der Waals surface area contributed by atoms with E-state index in [1.807, 2.05) is 0 Å². The summed E-state index contributed by atoms with van der Waals surface area (Å²) in [5, 5.41) is 27.8. The molecule has 16 heavy (non-hydrogen) atoms. The van der Waals surface area contributed by atoms with Crippen LogP contribution in [0, 0.1) is 5.92 Å². The van der Waals surface area contributed by atoms with Crippen LogP contribution in [-0.2, 0) is 9.09 Å². The molecule has 5 N–H and O–H groups in total. The summed E-state index contributed by atoms with van der Waals surface area (Å²) in [7, 11) is -5.21. The Labute approximate surface area is 91.9 Å². The summed E-state index contributed by atoms with van der Waals surface area (Å²) >= 11 is 0. The molecular weight excluding hydrogens is 241 g/mol. The molecule has 0 radical (unpaired) electrons. The summed E-state index contributed by atoms with van der Waals surface area (Å²) < 4.78 is 14.6. The molecular formula is C7H14NO7P-2. The smallest absolute Gasteiger partial charge is 0.0978 e. The van der Waals surface area contributed by atoms with E-state index >= 15 is 0 Å². The standard InChI is InChI=1S/C7H16NO7P/c8-5-4(15-16(12,13)14)1-3(2-9)6(10)7(5)11/h3-7,9-11H,1-2,8H2,(H2,12,13,14)/p-2/t3?,4-,5?,6-,7+/m0/s1. The topological polar surface area (TPSA) is 159 Å². The molecule has 0 aromatic heterocycles. The van der Waals surface area contributed by atoms with Crippen LogP contribution in [-0.4, -0.2) is 46.3 Å². The molecule has 2 unspecified atom stereocenters. The molecule has 5 atom stereocenters. The fourth-order valence-electron chi connectivity index (χ4n) is 1.78. The van der Waals surface area contributed by atoms with E-state index in [1.165, 1.54) is 0 Å². The lowest BCUT2D eigenvalue weighted by atomic mass is 9.80. The first-order chi connectivity index (χ1) is 7.26. The van der Waals surface area contributed by atoms with Crippen LogP contribution in [0.25, 0.3) is 0 Å². The maximum absolute atomic E-state index is 10.4. The van der Waals surface area contributed by atoms with Gasteiger partial charge in [-0.25, -0.2) is 0 Å². The summed E-state index contributed by atoms with van der Waals surface area (Å²) in [6.07, 6.45) is -4.04. The van der Waals surface area contributed by atoms with Crippen LogP contribution in [0.2, 0.25) is 0 Å². The predicted molar refractivity (Wildman–Crippen MR) is 47.7 cm³/mol. The van der Waals surface area contributed by atoms with Crippen LogP contribution in [0.15, 0.2) is 0 Å². The van der Waals surface area contributed by atoms with E-state index < -0.39 is 44.7 Å². The zero-order chi connectivity index (χ0) is 12.5. The van der Waals surface area contributed by atoms with Gasteiger partial charge in [-0.3, -0.25) is 0 Å². The Hall–Kier alpha value is -0.0500. The zero-order valence-electron chi connectivity index (χ0n) is 8.30. The lowest BCUT2D eigenvalue weighted by Crippen LogP contribution is -2.59. The van der Waals surface area contributed by atoms with E-state index in [-0.39, 0.29) is 6.42 Å². The molecule has 0 aliphatic heterocycles. The molecule has 0 bridgehead atoms. The van der Waals surface area contributed by atoms with Gasteiger partial charge < -0.3 is 39.9 Å². The van der Waals surface area contributed by atoms with Crippen LogP contribution in [0.4, 0.5) is 0 Å². The molecule has 1 rings (SSSR count). The number of phosphoric acid groups is 1. The maximum atomic E-state index is 10.4. The number of rotatable bonds is 3. The molecule has 8 nitrogen and oxygen atoms in total. The third-order valence-electron chi connectivity index (χ3n) is 2.69. The minimum atomic E-state index is -5.21. The molecule has 9 heteroatoms. The van der Waals surface area contributed by atoms with Gasteiger partial charge in [-0.05, 0) is 6.42 Å². The van der Waals surface area contributed by atoms with Crippen molar-refractivity contribution in [3.05, 3.63) is 0 Å². The van der Waals surface area contributed by atoms with Gasteiger partial charge in [0.1, 0.15) is 0 Å². The average molecular weight is 255 g/mol. The third kappa shape index (κ3) is 3.22. The van der Waals surface area contributed by atoms with Crippen LogP contribution in [0.3, 0.4) is 0 Å². The molecule has 1 fully saturated rings. The lowest BCUT2D eigenvalue weighted by Gasteiger charge is -2.44. The lowest BCUT2D eigenvalue weighted by molar-refractivity contribution is -0.347. The number of aliphatic hydroxyl groups is 3. The van der Waals surface area contributed by atoms with Gasteiger partial charge in [-0.2, -0.15) is 0 Å². The Morgan fingerprint density at radius 1 is 1.38 bits per heavy atom. The van der Waals surface area contributed by atoms with E-state index in [0.29, 0.717) is 0 Å². The second-order valence-corrected chi connectivity index (χ2v) is 4.93. The molecule has 1 aliphatic carbocycles. The SMILES string of the molecule is NC1[C@@H](OP(=O)([O-])[O-])CC(CO)[C@H](O)[C@@H]1O. The molecule has 0 amide bonds. The van der Waals surface area contributed by atoms with Crippen molar-refractivity contribution in [1.29, 1.82) is 0 Å². The highest BCUT2D eigenvalue weighted by atomic mass is 31.2. The summed E-state index contributed by atoms with van der Waals surface area (Å²) in [6, 6.07) is -1.19. The maximum Gasteiger partial charge on any atom is 0.0978 e. The monoisotopic (exact) mass is 255 g/mol. The largest absolute Gasteiger partial charge is 0.790 e. The molecule has 0 aromatic carbocycles. The Balaban J connectivity index is 2.75. The van der Waals surface area contributed by atoms with Crippen LogP contribution in [0.1, 0.15) is 6.42 Å². The Bertz CT molecular complexity index is 280. The van der Waals surface area contributed by atoms with Gasteiger partial charge in [0.2, 0.25) is 0 Å². The van der Waals surface area contributed by atoms with Gasteiger partial charge >= 0.3 is 0 Å². The quantitative estimate of drug-likeness (QED) is 0.374. The van der Waals surface area contributed by atoms with Gasteiger partial charge in [0.25, 0.3) is 0 Å². The number of phosphoric ester groups is 1. The molecule has 0 spiro atoms. The first kappa shape index (κ1) is 14.0. The predicted octanol–water partition coefficient (Wildman–Crippen LogP) is -3.74. The van der Waals surface area contributed by atoms with Gasteiger partial charge in [0.15, 0.2) is 0 Å². The average Bonchev–Trinajstić information content (AvgIpc) is 2.17. The summed E-state index contributed by atoms with van der Waals surface area (Å²) in [6.45, 7) is -0.465. The normalized spacial score (nSPS) is 41.0. The summed E-state index contributed by atoms with van der Waals surface area (Å²) in [5.74, 6) is -0.772. The van der Waals surface area contributed by atoms with Crippen molar-refractivity contribution in [3.8, 4) is 0 Å². The molecule has 1 aliphatic rings. The first-order valence-electron chi connectivity index (χ1n) is 4.69. The number of aliphatic hydroxyl groups excluding tert-OH is 3. The minimum absolute atomic E-state index is 0.107. The fourth-order valence-corrected chi connectivity index (χ4v) is 2.34. The van der Waals surface area contributed by atoms with Crippen LogP contribution in [0.5, 0.6) is 0 Å². The molecule has 0 heterocycles. The Kier molecular flexibility index (Phi) is 4.44. The van der Waals surface area contributed by atoms with E-state index in [1.54, 1.807) is 0 Å². The van der Waals surface area contributed by atoms with Crippen molar-refractivity contribution in [2.75, 3.05) is 6.61 Å². The van der Waals surface area contributed by atoms with Crippen molar-refractivity contribution in [2.24, 2.45) is 11.7 Å². The Morgan fingerprint density at radius 2 is 1.94 bits per heavy atom. The van der Waals surface area contributed by atoms with Crippen molar-refractivity contribution < 1.29 is 34.2 Å². The van der Waals surface area contributed by atoms with E-state index in [4.69, 9.17) is 10.8 Å². The molecule has 0 aromatic rings. The Morgan fingerprint density at radius 3 is 2.38 bits per heavy atom. The van der Waals surface area contributed by atoms with Crippen LogP contribution < -0.4 is 15.5 Å². The molecule has 96 valence electrons. The van der Waals surface area contributed by atoms with E-state index in [9.17, 15) is 24.6 Å². The summed E-state index contributed by atoms with van der Waals surface area (Å²) in [4.78, 5) is 20.8. The fraction of sp³-hybridized carbons (Fsp3) is 1.00. The van der Waals surface area contributed by atoms with Crippen molar-refractivity contribution >= 4 is 7.82 Å². The third-order valence-corrected chi connectivity index (χ3v) is 3.22. The van der Waals surface area contributed by atoms with Gasteiger partial charge in [0, 0.05) is 12.5 Å². The van der Waals surface area contributed by atoms with Crippen molar-refractivity contribution in [1.82, 2.24) is 0 Å². The number of hydrogen-bond acceptors (Lipinski definition) is 8. The number of nitrogens with two attached hydrogens (primary N) is 1. The highest BCUT2D eigenvalue weighted by molar-refractivity contribution is 7.43. The number of hydrogen-bond donors (Lipinski definition) is 4. The van der Waals surface area contributed by atoms with Crippen molar-refractivity contribution in [2.45, 2.75) is 30.8 Å². The van der Waals surface area contributed by atoms with Gasteiger partial charge in [-0.15, -0.1) is 0 Å². The highest BCUT2D eigenvalue weighted by Crippen LogP contribution is 2.35. The zero-order valence-corrected chi connectivity index (χ0v) is 9.19. The van der Waals surface area contributed by atoms with E-state index in [0.717, 1.165) is 0 Å². The van der Waals surface area contributed by atoms with E-state index in [2.05, 4.69) is 4.52 Å². The highest BCUT2D eigenvalue weighted by Gasteiger charge is 2.42.